The average Bonchev–Trinajstić information content (AvgIpc) is 3.16. The molecule has 2 aliphatic rings. The number of carbonyl (C=O) groups is 2. The van der Waals surface area contributed by atoms with Gasteiger partial charge in [-0.05, 0) is 189 Å². The number of carbonyl (C=O) groups excluding carboxylic acids is 2. The maximum Gasteiger partial charge on any atom is 0.316 e. The predicted octanol–water partition coefficient (Wildman–Crippen LogP) is 12.2. The van der Waals surface area contributed by atoms with E-state index in [1.54, 1.807) is 14.2 Å². The van der Waals surface area contributed by atoms with Gasteiger partial charge in [0.05, 0.1) is 25.0 Å². The summed E-state index contributed by atoms with van der Waals surface area (Å²) in [5.74, 6) is 3.55. The van der Waals surface area contributed by atoms with Gasteiger partial charge in [0.1, 0.15) is 23.0 Å². The Bertz CT molecular complexity index is 1910. The number of esters is 2. The van der Waals surface area contributed by atoms with Crippen molar-refractivity contribution in [3.8, 4) is 23.0 Å². The zero-order valence-electron chi connectivity index (χ0n) is 37.4. The zero-order valence-corrected chi connectivity index (χ0v) is 38.4. The van der Waals surface area contributed by atoms with Crippen LogP contribution in [-0.4, -0.2) is 38.2 Å². The molecule has 0 aliphatic heterocycles. The third kappa shape index (κ3) is 13.2. The van der Waals surface area contributed by atoms with E-state index in [2.05, 4.69) is 74.7 Å². The summed E-state index contributed by atoms with van der Waals surface area (Å²) in [5, 5.41) is 7.15. The number of methoxy groups -OCH3 is 2. The number of benzene rings is 4. The van der Waals surface area contributed by atoms with Gasteiger partial charge in [0.15, 0.2) is 0 Å². The first-order valence-corrected chi connectivity index (χ1v) is 20.9. The molecule has 2 aliphatic carbocycles. The fourth-order valence-electron chi connectivity index (χ4n) is 7.55. The predicted molar refractivity (Wildman–Crippen MR) is 253 cm³/mol. The lowest BCUT2D eigenvalue weighted by Gasteiger charge is -2.28. The number of rotatable bonds is 10. The van der Waals surface area contributed by atoms with Crippen molar-refractivity contribution < 1.29 is 28.5 Å². The van der Waals surface area contributed by atoms with E-state index in [1.807, 2.05) is 77.9 Å². The molecule has 0 fully saturated rings. The first-order chi connectivity index (χ1) is 27.3. The van der Waals surface area contributed by atoms with Crippen LogP contribution >= 0.6 is 13.5 Å². The number of nitrogens with one attached hydrogen (secondary N) is 2. The van der Waals surface area contributed by atoms with Gasteiger partial charge in [-0.15, -0.1) is 0 Å². The Balaban J connectivity index is 0.000000310. The minimum absolute atomic E-state index is 0. The highest BCUT2D eigenvalue weighted by Gasteiger charge is 2.28. The molecule has 0 saturated carbocycles. The van der Waals surface area contributed by atoms with Gasteiger partial charge in [-0.3, -0.25) is 9.59 Å². The fraction of sp³-hybridized carbons (Fsp3) is 0.490. The molecule has 2 atom stereocenters. The molecule has 9 heteroatoms. The van der Waals surface area contributed by atoms with Crippen LogP contribution in [0.4, 0.5) is 11.4 Å². The van der Waals surface area contributed by atoms with E-state index in [9.17, 15) is 9.59 Å². The molecular formula is C51H72N2O6S. The molecule has 0 heterocycles. The largest absolute Gasteiger partial charge is 0.497 e. The minimum atomic E-state index is -0.505. The molecule has 0 radical (unpaired) electrons. The van der Waals surface area contributed by atoms with Crippen molar-refractivity contribution in [2.75, 3.05) is 24.9 Å². The van der Waals surface area contributed by atoms with Crippen molar-refractivity contribution in [3.63, 3.8) is 0 Å². The number of ether oxygens (including phenoxy) is 4. The third-order valence-corrected chi connectivity index (χ3v) is 10.7. The molecule has 2 N–H and O–H groups in total. The van der Waals surface area contributed by atoms with Crippen LogP contribution in [0.3, 0.4) is 0 Å². The molecule has 0 aromatic heterocycles. The number of aryl methyl sites for hydroxylation is 2. The standard InChI is InChI=1S/2C25H33NO3.CH4.H2S/c2*1-16(2)26-23-15-20(28-6)11-12-22(23)19-8-7-18-14-21(10-9-17(18)13-19)29-24(27)25(3,4)5;;/h2*9-12,14-16,19,26H,7-8,13H2,1-6H3;1H4;1H2/t2*19-;;/m10../s1. The molecule has 328 valence electrons. The summed E-state index contributed by atoms with van der Waals surface area (Å²) in [4.78, 5) is 24.4. The van der Waals surface area contributed by atoms with E-state index < -0.39 is 10.8 Å². The van der Waals surface area contributed by atoms with Gasteiger partial charge in [0.2, 0.25) is 0 Å². The summed E-state index contributed by atoms with van der Waals surface area (Å²) in [6, 6.07) is 25.5. The second-order valence-corrected chi connectivity index (χ2v) is 18.5. The summed E-state index contributed by atoms with van der Waals surface area (Å²) in [7, 11) is 3.41. The zero-order chi connectivity index (χ0) is 42.4. The first kappa shape index (κ1) is 49.7. The molecule has 4 aromatic carbocycles. The lowest BCUT2D eigenvalue weighted by atomic mass is 9.79. The summed E-state index contributed by atoms with van der Waals surface area (Å²) in [6.45, 7) is 19.8. The Hall–Kier alpha value is -4.63. The fourth-order valence-corrected chi connectivity index (χ4v) is 7.55. The minimum Gasteiger partial charge on any atom is -0.497 e. The van der Waals surface area contributed by atoms with E-state index >= 15 is 0 Å². The van der Waals surface area contributed by atoms with E-state index in [1.165, 1.54) is 33.4 Å². The Labute approximate surface area is 368 Å². The van der Waals surface area contributed by atoms with E-state index in [0.29, 0.717) is 35.4 Å². The molecule has 8 nitrogen and oxygen atoms in total. The average molecular weight is 841 g/mol. The molecule has 0 saturated heterocycles. The second-order valence-electron chi connectivity index (χ2n) is 18.5. The number of fused-ring (bicyclic) bond motifs is 2. The van der Waals surface area contributed by atoms with Crippen molar-refractivity contribution in [3.05, 3.63) is 106 Å². The maximum atomic E-state index is 12.2. The topological polar surface area (TPSA) is 95.1 Å². The number of anilines is 2. The van der Waals surface area contributed by atoms with Gasteiger partial charge >= 0.3 is 11.9 Å². The highest BCUT2D eigenvalue weighted by atomic mass is 32.1. The molecule has 4 aromatic rings. The van der Waals surface area contributed by atoms with Crippen LogP contribution < -0.4 is 29.6 Å². The second kappa shape index (κ2) is 21.2. The molecular weight excluding hydrogens is 769 g/mol. The smallest absolute Gasteiger partial charge is 0.316 e. The van der Waals surface area contributed by atoms with Crippen LogP contribution in [0.1, 0.15) is 135 Å². The number of hydrogen-bond acceptors (Lipinski definition) is 8. The Morgan fingerprint density at radius 1 is 0.550 bits per heavy atom. The van der Waals surface area contributed by atoms with Crippen LogP contribution in [0.25, 0.3) is 0 Å². The van der Waals surface area contributed by atoms with Crippen molar-refractivity contribution in [2.24, 2.45) is 10.8 Å². The SMILES string of the molecule is C.COc1ccc([C@@H]2CCc3cc(OC(=O)C(C)(C)C)ccc3C2)c(NC(C)C)c1.COc1ccc([C@H]2CCc3cc(OC(=O)C(C)(C)C)ccc3C2)c(NC(C)C)c1.S. The Kier molecular flexibility index (Phi) is 17.6. The summed E-state index contributed by atoms with van der Waals surface area (Å²) in [6.07, 6.45) is 6.08. The molecule has 0 bridgehead atoms. The van der Waals surface area contributed by atoms with Gasteiger partial charge in [-0.1, -0.05) is 31.7 Å². The van der Waals surface area contributed by atoms with E-state index in [0.717, 1.165) is 61.4 Å². The summed E-state index contributed by atoms with van der Waals surface area (Å²) in [5.41, 5.74) is 9.23. The lowest BCUT2D eigenvalue weighted by molar-refractivity contribution is -0.143. The molecule has 0 amide bonds. The summed E-state index contributed by atoms with van der Waals surface area (Å²) < 4.78 is 22.0. The normalized spacial score (nSPS) is 15.8. The monoisotopic (exact) mass is 841 g/mol. The molecule has 6 rings (SSSR count). The van der Waals surface area contributed by atoms with Gasteiger partial charge < -0.3 is 29.6 Å². The highest BCUT2D eigenvalue weighted by Crippen LogP contribution is 2.41. The van der Waals surface area contributed by atoms with Crippen LogP contribution in [-0.2, 0) is 35.3 Å². The third-order valence-electron chi connectivity index (χ3n) is 10.7. The van der Waals surface area contributed by atoms with Gasteiger partial charge in [0, 0.05) is 35.6 Å². The van der Waals surface area contributed by atoms with Crippen LogP contribution in [0.5, 0.6) is 23.0 Å². The van der Waals surface area contributed by atoms with E-state index in [4.69, 9.17) is 18.9 Å². The number of hydrogen-bond donors (Lipinski definition) is 2. The Morgan fingerprint density at radius 2 is 0.900 bits per heavy atom. The summed E-state index contributed by atoms with van der Waals surface area (Å²) >= 11 is 0. The first-order valence-electron chi connectivity index (χ1n) is 20.9. The van der Waals surface area contributed by atoms with Gasteiger partial charge in [0.25, 0.3) is 0 Å². The van der Waals surface area contributed by atoms with Crippen molar-refractivity contribution in [2.45, 2.75) is 139 Å². The van der Waals surface area contributed by atoms with Crippen molar-refractivity contribution >= 4 is 36.8 Å². The van der Waals surface area contributed by atoms with Crippen molar-refractivity contribution in [1.82, 2.24) is 0 Å². The van der Waals surface area contributed by atoms with Crippen LogP contribution in [0.2, 0.25) is 0 Å². The lowest BCUT2D eigenvalue weighted by Crippen LogP contribution is -2.25. The molecule has 0 unspecified atom stereocenters. The van der Waals surface area contributed by atoms with Crippen molar-refractivity contribution in [1.29, 1.82) is 0 Å². The maximum absolute atomic E-state index is 12.2. The van der Waals surface area contributed by atoms with Crippen LogP contribution in [0, 0.1) is 10.8 Å². The van der Waals surface area contributed by atoms with Gasteiger partial charge in [-0.25, -0.2) is 0 Å². The van der Waals surface area contributed by atoms with Crippen LogP contribution in [0.15, 0.2) is 72.8 Å². The highest BCUT2D eigenvalue weighted by molar-refractivity contribution is 7.59. The Morgan fingerprint density at radius 3 is 1.22 bits per heavy atom. The molecule has 0 spiro atoms. The quantitative estimate of drug-likeness (QED) is 0.120. The van der Waals surface area contributed by atoms with E-state index in [-0.39, 0.29) is 32.9 Å². The molecule has 60 heavy (non-hydrogen) atoms. The van der Waals surface area contributed by atoms with Gasteiger partial charge in [-0.2, -0.15) is 13.5 Å².